The maximum atomic E-state index is 5.23. The van der Waals surface area contributed by atoms with Crippen LogP contribution in [0, 0.1) is 0 Å². The number of benzene rings is 1. The SMILES string of the molecule is CCNC(CN(C)CCCN(C)C)c1ccc(OC)cc1. The predicted octanol–water partition coefficient (Wildman–Crippen LogP) is 2.23. The Bertz CT molecular complexity index is 378. The van der Waals surface area contributed by atoms with Gasteiger partial charge in [0.25, 0.3) is 0 Å². The van der Waals surface area contributed by atoms with E-state index < -0.39 is 0 Å². The first-order chi connectivity index (χ1) is 10.1. The molecule has 0 saturated heterocycles. The fourth-order valence-corrected chi connectivity index (χ4v) is 2.43. The summed E-state index contributed by atoms with van der Waals surface area (Å²) in [5.41, 5.74) is 1.32. The maximum absolute atomic E-state index is 5.23. The Morgan fingerprint density at radius 1 is 1.10 bits per heavy atom. The summed E-state index contributed by atoms with van der Waals surface area (Å²) in [7, 11) is 8.15. The van der Waals surface area contributed by atoms with Crippen molar-refractivity contribution in [3.05, 3.63) is 29.8 Å². The van der Waals surface area contributed by atoms with E-state index in [-0.39, 0.29) is 0 Å². The van der Waals surface area contributed by atoms with Crippen LogP contribution >= 0.6 is 0 Å². The topological polar surface area (TPSA) is 27.7 Å². The molecule has 0 aliphatic carbocycles. The number of nitrogens with zero attached hydrogens (tertiary/aromatic N) is 2. The third-order valence-electron chi connectivity index (χ3n) is 3.61. The van der Waals surface area contributed by atoms with Crippen molar-refractivity contribution in [2.24, 2.45) is 0 Å². The fourth-order valence-electron chi connectivity index (χ4n) is 2.43. The van der Waals surface area contributed by atoms with Gasteiger partial charge < -0.3 is 19.9 Å². The Balaban J connectivity index is 2.55. The number of nitrogens with one attached hydrogen (secondary N) is 1. The molecule has 0 aliphatic rings. The Hall–Kier alpha value is -1.10. The molecule has 1 unspecified atom stereocenters. The van der Waals surface area contributed by atoms with Crippen molar-refractivity contribution >= 4 is 0 Å². The van der Waals surface area contributed by atoms with Crippen LogP contribution in [-0.4, -0.2) is 64.2 Å². The normalized spacial score (nSPS) is 12.9. The van der Waals surface area contributed by atoms with Crippen molar-refractivity contribution in [1.82, 2.24) is 15.1 Å². The second kappa shape index (κ2) is 9.77. The van der Waals surface area contributed by atoms with Crippen molar-refractivity contribution in [2.45, 2.75) is 19.4 Å². The lowest BCUT2D eigenvalue weighted by Gasteiger charge is -2.25. The fraction of sp³-hybridized carbons (Fsp3) is 0.647. The Kier molecular flexibility index (Phi) is 8.35. The van der Waals surface area contributed by atoms with Gasteiger partial charge in [0.1, 0.15) is 5.75 Å². The zero-order valence-electron chi connectivity index (χ0n) is 14.2. The molecule has 0 amide bonds. The number of rotatable bonds is 10. The minimum atomic E-state index is 0.366. The van der Waals surface area contributed by atoms with Crippen molar-refractivity contribution in [2.75, 3.05) is 54.4 Å². The minimum absolute atomic E-state index is 0.366. The standard InChI is InChI=1S/C17H31N3O/c1-6-18-17(14-20(4)13-7-12-19(2)3)15-8-10-16(21-5)11-9-15/h8-11,17-18H,6-7,12-14H2,1-5H3. The second-order valence-corrected chi connectivity index (χ2v) is 5.80. The van der Waals surface area contributed by atoms with Crippen LogP contribution in [0.4, 0.5) is 0 Å². The third kappa shape index (κ3) is 6.93. The van der Waals surface area contributed by atoms with Gasteiger partial charge in [0.2, 0.25) is 0 Å². The van der Waals surface area contributed by atoms with Gasteiger partial charge in [-0.25, -0.2) is 0 Å². The molecule has 1 aromatic rings. The second-order valence-electron chi connectivity index (χ2n) is 5.80. The number of likely N-dealkylation sites (N-methyl/N-ethyl adjacent to an activating group) is 2. The van der Waals surface area contributed by atoms with Gasteiger partial charge in [0, 0.05) is 12.6 Å². The number of hydrogen-bond donors (Lipinski definition) is 1. The number of hydrogen-bond acceptors (Lipinski definition) is 4. The van der Waals surface area contributed by atoms with Crippen LogP contribution in [0.25, 0.3) is 0 Å². The highest BCUT2D eigenvalue weighted by Crippen LogP contribution is 2.18. The predicted molar refractivity (Wildman–Crippen MR) is 90.1 cm³/mol. The van der Waals surface area contributed by atoms with E-state index in [1.54, 1.807) is 7.11 Å². The highest BCUT2D eigenvalue weighted by atomic mass is 16.5. The molecular weight excluding hydrogens is 262 g/mol. The van der Waals surface area contributed by atoms with Gasteiger partial charge in [-0.05, 0) is 64.9 Å². The lowest BCUT2D eigenvalue weighted by atomic mass is 10.1. The first-order valence-corrected chi connectivity index (χ1v) is 7.77. The monoisotopic (exact) mass is 293 g/mol. The van der Waals surface area contributed by atoms with Gasteiger partial charge >= 0.3 is 0 Å². The first kappa shape index (κ1) is 18.0. The molecule has 4 heteroatoms. The van der Waals surface area contributed by atoms with E-state index >= 15 is 0 Å². The summed E-state index contributed by atoms with van der Waals surface area (Å²) < 4.78 is 5.23. The van der Waals surface area contributed by atoms with Crippen molar-refractivity contribution in [3.8, 4) is 5.75 Å². The van der Waals surface area contributed by atoms with Gasteiger partial charge in [0.05, 0.1) is 7.11 Å². The molecule has 0 heterocycles. The molecule has 0 fully saturated rings. The van der Waals surface area contributed by atoms with E-state index in [9.17, 15) is 0 Å². The van der Waals surface area contributed by atoms with Crippen LogP contribution in [0.1, 0.15) is 24.9 Å². The molecule has 0 saturated carbocycles. The largest absolute Gasteiger partial charge is 0.497 e. The number of methoxy groups -OCH3 is 1. The van der Waals surface area contributed by atoms with E-state index in [0.717, 1.165) is 31.9 Å². The van der Waals surface area contributed by atoms with Gasteiger partial charge in [-0.1, -0.05) is 19.1 Å². The van der Waals surface area contributed by atoms with E-state index in [1.807, 2.05) is 12.1 Å². The molecule has 1 aromatic carbocycles. The lowest BCUT2D eigenvalue weighted by molar-refractivity contribution is 0.272. The smallest absolute Gasteiger partial charge is 0.118 e. The molecule has 0 radical (unpaired) electrons. The van der Waals surface area contributed by atoms with Crippen LogP contribution in [0.2, 0.25) is 0 Å². The zero-order chi connectivity index (χ0) is 15.7. The van der Waals surface area contributed by atoms with E-state index in [1.165, 1.54) is 12.0 Å². The van der Waals surface area contributed by atoms with Crippen molar-refractivity contribution < 1.29 is 4.74 Å². The third-order valence-corrected chi connectivity index (χ3v) is 3.61. The van der Waals surface area contributed by atoms with Crippen LogP contribution in [0.15, 0.2) is 24.3 Å². The average molecular weight is 293 g/mol. The van der Waals surface area contributed by atoms with Gasteiger partial charge in [-0.3, -0.25) is 0 Å². The van der Waals surface area contributed by atoms with Crippen molar-refractivity contribution in [3.63, 3.8) is 0 Å². The summed E-state index contributed by atoms with van der Waals surface area (Å²) in [6, 6.07) is 8.74. The molecule has 4 nitrogen and oxygen atoms in total. The van der Waals surface area contributed by atoms with E-state index in [2.05, 4.69) is 55.3 Å². The van der Waals surface area contributed by atoms with Crippen molar-refractivity contribution in [1.29, 1.82) is 0 Å². The zero-order valence-corrected chi connectivity index (χ0v) is 14.2. The molecular formula is C17H31N3O. The van der Waals surface area contributed by atoms with E-state index in [0.29, 0.717) is 6.04 Å². The van der Waals surface area contributed by atoms with Crippen LogP contribution in [0.5, 0.6) is 5.75 Å². The first-order valence-electron chi connectivity index (χ1n) is 7.77. The van der Waals surface area contributed by atoms with Gasteiger partial charge in [-0.2, -0.15) is 0 Å². The molecule has 120 valence electrons. The average Bonchev–Trinajstić information content (AvgIpc) is 2.46. The Morgan fingerprint density at radius 2 is 1.76 bits per heavy atom. The minimum Gasteiger partial charge on any atom is -0.497 e. The molecule has 1 N–H and O–H groups in total. The highest BCUT2D eigenvalue weighted by molar-refractivity contribution is 5.29. The van der Waals surface area contributed by atoms with E-state index in [4.69, 9.17) is 4.74 Å². The molecule has 0 aromatic heterocycles. The van der Waals surface area contributed by atoms with Gasteiger partial charge in [-0.15, -0.1) is 0 Å². The Labute approximate surface area is 130 Å². The molecule has 0 spiro atoms. The molecule has 0 bridgehead atoms. The molecule has 1 atom stereocenters. The quantitative estimate of drug-likeness (QED) is 0.716. The summed E-state index contributed by atoms with van der Waals surface area (Å²) >= 11 is 0. The summed E-state index contributed by atoms with van der Waals surface area (Å²) in [5.74, 6) is 0.910. The van der Waals surface area contributed by atoms with Crippen LogP contribution in [0.3, 0.4) is 0 Å². The Morgan fingerprint density at radius 3 is 2.29 bits per heavy atom. The number of ether oxygens (including phenoxy) is 1. The molecule has 0 aliphatic heterocycles. The molecule has 21 heavy (non-hydrogen) atoms. The van der Waals surface area contributed by atoms with Crippen LogP contribution < -0.4 is 10.1 Å². The highest BCUT2D eigenvalue weighted by Gasteiger charge is 2.13. The lowest BCUT2D eigenvalue weighted by Crippen LogP contribution is -2.34. The van der Waals surface area contributed by atoms with Gasteiger partial charge in [0.15, 0.2) is 0 Å². The van der Waals surface area contributed by atoms with Crippen LogP contribution in [-0.2, 0) is 0 Å². The summed E-state index contributed by atoms with van der Waals surface area (Å²) in [6.07, 6.45) is 1.20. The summed E-state index contributed by atoms with van der Waals surface area (Å²) in [6.45, 7) is 6.41. The molecule has 1 rings (SSSR count). The summed E-state index contributed by atoms with van der Waals surface area (Å²) in [4.78, 5) is 4.64. The summed E-state index contributed by atoms with van der Waals surface area (Å²) in [5, 5.41) is 3.57. The maximum Gasteiger partial charge on any atom is 0.118 e.